The number of rotatable bonds is 8. The summed E-state index contributed by atoms with van der Waals surface area (Å²) >= 11 is 0. The Morgan fingerprint density at radius 1 is 1.03 bits per heavy atom. The predicted molar refractivity (Wildman–Crippen MR) is 114 cm³/mol. The van der Waals surface area contributed by atoms with Gasteiger partial charge in [0.1, 0.15) is 5.75 Å². The van der Waals surface area contributed by atoms with E-state index in [1.165, 1.54) is 51.4 Å². The van der Waals surface area contributed by atoms with Crippen molar-refractivity contribution in [3.63, 3.8) is 0 Å². The van der Waals surface area contributed by atoms with Gasteiger partial charge in [0.15, 0.2) is 6.61 Å². The van der Waals surface area contributed by atoms with Gasteiger partial charge in [-0.1, -0.05) is 37.8 Å². The van der Waals surface area contributed by atoms with E-state index < -0.39 is 5.91 Å². The summed E-state index contributed by atoms with van der Waals surface area (Å²) in [6.07, 6.45) is 13.4. The third-order valence-corrected chi connectivity index (χ3v) is 6.09. The zero-order valence-corrected chi connectivity index (χ0v) is 17.2. The highest BCUT2D eigenvalue weighted by atomic mass is 16.5. The van der Waals surface area contributed by atoms with Crippen LogP contribution in [0.2, 0.25) is 0 Å². The van der Waals surface area contributed by atoms with Gasteiger partial charge in [0.25, 0.3) is 5.91 Å². The molecule has 0 bridgehead atoms. The summed E-state index contributed by atoms with van der Waals surface area (Å²) in [5.41, 5.74) is 6.11. The summed E-state index contributed by atoms with van der Waals surface area (Å²) in [7, 11) is 0. The van der Waals surface area contributed by atoms with Crippen LogP contribution in [-0.4, -0.2) is 48.5 Å². The van der Waals surface area contributed by atoms with Gasteiger partial charge < -0.3 is 15.8 Å². The molecule has 1 aromatic rings. The minimum absolute atomic E-state index is 0.0546. The van der Waals surface area contributed by atoms with Crippen molar-refractivity contribution in [2.75, 3.05) is 26.2 Å². The van der Waals surface area contributed by atoms with E-state index in [-0.39, 0.29) is 18.1 Å². The van der Waals surface area contributed by atoms with Crippen molar-refractivity contribution in [2.24, 2.45) is 5.73 Å². The molecule has 1 saturated carbocycles. The number of amides is 2. The number of benzene rings is 1. The molecular formula is C23H33N3O3. The van der Waals surface area contributed by atoms with Crippen molar-refractivity contribution in [3.8, 4) is 5.75 Å². The lowest BCUT2D eigenvalue weighted by molar-refractivity contribution is -0.120. The number of likely N-dealkylation sites (tertiary alicyclic amines) is 1. The summed E-state index contributed by atoms with van der Waals surface area (Å²) in [5, 5.41) is 3.16. The molecule has 0 aromatic heterocycles. The van der Waals surface area contributed by atoms with Gasteiger partial charge in [-0.15, -0.1) is 0 Å². The highest BCUT2D eigenvalue weighted by Crippen LogP contribution is 2.35. The van der Waals surface area contributed by atoms with Gasteiger partial charge in [-0.25, -0.2) is 0 Å². The van der Waals surface area contributed by atoms with Crippen LogP contribution in [0.5, 0.6) is 5.75 Å². The molecule has 3 N–H and O–H groups in total. The number of ether oxygens (including phenoxy) is 1. The first kappa shape index (κ1) is 21.4. The number of hydrogen-bond donors (Lipinski definition) is 2. The number of nitrogens with two attached hydrogens (primary N) is 1. The first-order valence-corrected chi connectivity index (χ1v) is 10.8. The molecular weight excluding hydrogens is 366 g/mol. The molecule has 3 rings (SSSR count). The summed E-state index contributed by atoms with van der Waals surface area (Å²) in [6.45, 7) is 2.91. The van der Waals surface area contributed by atoms with Gasteiger partial charge in [0.05, 0.1) is 0 Å². The fourth-order valence-electron chi connectivity index (χ4n) is 4.50. The zero-order valence-electron chi connectivity index (χ0n) is 17.2. The number of primary amides is 1. The Morgan fingerprint density at radius 3 is 2.34 bits per heavy atom. The molecule has 1 aromatic carbocycles. The third-order valence-electron chi connectivity index (χ3n) is 6.09. The molecule has 2 fully saturated rings. The Labute approximate surface area is 173 Å². The average Bonchev–Trinajstić information content (AvgIpc) is 2.77. The lowest BCUT2D eigenvalue weighted by Gasteiger charge is -2.48. The predicted octanol–water partition coefficient (Wildman–Crippen LogP) is 2.87. The largest absolute Gasteiger partial charge is 0.484 e. The van der Waals surface area contributed by atoms with Gasteiger partial charge >= 0.3 is 0 Å². The fraction of sp³-hybridized carbons (Fsp3) is 0.565. The molecule has 29 heavy (non-hydrogen) atoms. The number of carbonyl (C=O) groups excluding carboxylic acids is 2. The molecule has 2 aliphatic rings. The Bertz CT molecular complexity index is 703. The van der Waals surface area contributed by atoms with Gasteiger partial charge in [0.2, 0.25) is 5.91 Å². The van der Waals surface area contributed by atoms with Crippen LogP contribution in [0.25, 0.3) is 6.08 Å². The Hall–Kier alpha value is -2.34. The van der Waals surface area contributed by atoms with E-state index in [1.807, 2.05) is 12.1 Å². The van der Waals surface area contributed by atoms with Crippen molar-refractivity contribution in [1.82, 2.24) is 10.2 Å². The zero-order chi connectivity index (χ0) is 20.5. The molecule has 1 saturated heterocycles. The van der Waals surface area contributed by atoms with Crippen LogP contribution in [0, 0.1) is 0 Å². The molecule has 0 unspecified atom stereocenters. The van der Waals surface area contributed by atoms with Gasteiger partial charge in [-0.2, -0.15) is 0 Å². The topological polar surface area (TPSA) is 84.7 Å². The van der Waals surface area contributed by atoms with Crippen LogP contribution in [0.4, 0.5) is 0 Å². The standard InChI is InChI=1S/C23H33N3O3/c24-21(27)17-29-20-10-7-19(8-11-20)9-12-22(28)25-18-23(13-3-1-4-14-23)26-15-5-2-6-16-26/h7-12H,1-6,13-18H2,(H2,24,27)(H,25,28). The molecule has 6 nitrogen and oxygen atoms in total. The molecule has 1 aliphatic carbocycles. The monoisotopic (exact) mass is 399 g/mol. The van der Waals surface area contributed by atoms with Gasteiger partial charge in [0, 0.05) is 18.2 Å². The number of piperidine rings is 1. The van der Waals surface area contributed by atoms with Crippen LogP contribution in [0.1, 0.15) is 56.9 Å². The molecule has 0 atom stereocenters. The van der Waals surface area contributed by atoms with Crippen LogP contribution in [0.15, 0.2) is 30.3 Å². The minimum Gasteiger partial charge on any atom is -0.484 e. The molecule has 6 heteroatoms. The smallest absolute Gasteiger partial charge is 0.255 e. The molecule has 2 amide bonds. The van der Waals surface area contributed by atoms with E-state index in [1.54, 1.807) is 24.3 Å². The molecule has 1 heterocycles. The Kier molecular flexibility index (Phi) is 7.69. The van der Waals surface area contributed by atoms with Crippen molar-refractivity contribution in [1.29, 1.82) is 0 Å². The maximum atomic E-state index is 12.4. The molecule has 158 valence electrons. The number of nitrogens with one attached hydrogen (secondary N) is 1. The normalized spacial score (nSPS) is 19.7. The Morgan fingerprint density at radius 2 is 1.69 bits per heavy atom. The number of nitrogens with zero attached hydrogens (tertiary/aromatic N) is 1. The SMILES string of the molecule is NC(=O)COc1ccc(C=CC(=O)NCC2(N3CCCCC3)CCCCC2)cc1. The van der Waals surface area contributed by atoms with E-state index in [0.29, 0.717) is 5.75 Å². The lowest BCUT2D eigenvalue weighted by Crippen LogP contribution is -2.58. The molecule has 1 aliphatic heterocycles. The van der Waals surface area contributed by atoms with E-state index in [9.17, 15) is 9.59 Å². The summed E-state index contributed by atoms with van der Waals surface area (Å²) in [4.78, 5) is 25.8. The van der Waals surface area contributed by atoms with E-state index in [4.69, 9.17) is 10.5 Å². The van der Waals surface area contributed by atoms with Crippen LogP contribution < -0.4 is 15.8 Å². The maximum Gasteiger partial charge on any atom is 0.255 e. The second-order valence-corrected chi connectivity index (χ2v) is 8.21. The van der Waals surface area contributed by atoms with Crippen LogP contribution in [0.3, 0.4) is 0 Å². The van der Waals surface area contributed by atoms with E-state index >= 15 is 0 Å². The fourth-order valence-corrected chi connectivity index (χ4v) is 4.50. The molecule has 0 radical (unpaired) electrons. The van der Waals surface area contributed by atoms with Crippen molar-refractivity contribution < 1.29 is 14.3 Å². The second-order valence-electron chi connectivity index (χ2n) is 8.21. The Balaban J connectivity index is 1.52. The highest BCUT2D eigenvalue weighted by Gasteiger charge is 2.38. The first-order chi connectivity index (χ1) is 14.1. The minimum atomic E-state index is -0.508. The average molecular weight is 400 g/mol. The van der Waals surface area contributed by atoms with Crippen LogP contribution >= 0.6 is 0 Å². The molecule has 0 spiro atoms. The van der Waals surface area contributed by atoms with Gasteiger partial charge in [-0.3, -0.25) is 14.5 Å². The maximum absolute atomic E-state index is 12.4. The van der Waals surface area contributed by atoms with Gasteiger partial charge in [-0.05, 0) is 62.5 Å². The number of carbonyl (C=O) groups is 2. The summed E-state index contributed by atoms with van der Waals surface area (Å²) < 4.78 is 5.24. The second kappa shape index (κ2) is 10.4. The van der Waals surface area contributed by atoms with E-state index in [0.717, 1.165) is 25.2 Å². The summed E-state index contributed by atoms with van der Waals surface area (Å²) in [5.74, 6) is 0.0121. The first-order valence-electron chi connectivity index (χ1n) is 10.8. The summed E-state index contributed by atoms with van der Waals surface area (Å²) in [6, 6.07) is 7.20. The number of hydrogen-bond acceptors (Lipinski definition) is 4. The van der Waals surface area contributed by atoms with Crippen LogP contribution in [-0.2, 0) is 9.59 Å². The third kappa shape index (κ3) is 6.32. The van der Waals surface area contributed by atoms with E-state index in [2.05, 4.69) is 10.2 Å². The lowest BCUT2D eigenvalue weighted by atomic mass is 9.79. The van der Waals surface area contributed by atoms with Crippen molar-refractivity contribution in [3.05, 3.63) is 35.9 Å². The van der Waals surface area contributed by atoms with Crippen molar-refractivity contribution >= 4 is 17.9 Å². The highest BCUT2D eigenvalue weighted by molar-refractivity contribution is 5.91. The van der Waals surface area contributed by atoms with Crippen molar-refractivity contribution in [2.45, 2.75) is 56.9 Å². The quantitative estimate of drug-likeness (QED) is 0.659.